The van der Waals surface area contributed by atoms with Gasteiger partial charge in [-0.15, -0.1) is 0 Å². The largest absolute Gasteiger partial charge is 0.348 e. The summed E-state index contributed by atoms with van der Waals surface area (Å²) >= 11 is 0. The minimum absolute atomic E-state index is 0.0523. The number of piperidine rings is 2. The predicted octanol–water partition coefficient (Wildman–Crippen LogP) is 2.75. The number of carbonyl (C=O) groups excluding carboxylic acids is 1. The van der Waals surface area contributed by atoms with Gasteiger partial charge in [0.2, 0.25) is 0 Å². The molecule has 3 unspecified atom stereocenters. The number of nitrogens with one attached hydrogen (secondary N) is 2. The lowest BCUT2D eigenvalue weighted by molar-refractivity contribution is 0.0180. The third-order valence-corrected chi connectivity index (χ3v) is 8.36. The molecule has 4 bridgehead atoms. The second-order valence-corrected chi connectivity index (χ2v) is 10.2. The summed E-state index contributed by atoms with van der Waals surface area (Å²) in [6.07, 6.45) is 7.88. The maximum absolute atomic E-state index is 13.6. The van der Waals surface area contributed by atoms with Crippen LogP contribution in [0.2, 0.25) is 0 Å². The van der Waals surface area contributed by atoms with Crippen molar-refractivity contribution in [1.82, 2.24) is 25.3 Å². The van der Waals surface area contributed by atoms with Crippen molar-refractivity contribution in [3.8, 4) is 0 Å². The van der Waals surface area contributed by atoms with E-state index in [2.05, 4.69) is 55.6 Å². The zero-order valence-electron chi connectivity index (χ0n) is 18.2. The molecule has 0 spiro atoms. The molecule has 4 aliphatic heterocycles. The number of nitrogens with zero attached hydrogens (tertiary/aromatic N) is 3. The van der Waals surface area contributed by atoms with E-state index in [9.17, 15) is 4.79 Å². The highest BCUT2D eigenvalue weighted by Gasteiger charge is 2.55. The van der Waals surface area contributed by atoms with Gasteiger partial charge in [-0.2, -0.15) is 5.10 Å². The van der Waals surface area contributed by atoms with E-state index in [1.54, 1.807) is 6.20 Å². The van der Waals surface area contributed by atoms with Crippen molar-refractivity contribution in [2.75, 3.05) is 39.3 Å². The number of hydrogen-bond acceptors (Lipinski definition) is 4. The summed E-state index contributed by atoms with van der Waals surface area (Å²) in [4.78, 5) is 18.9. The fourth-order valence-corrected chi connectivity index (χ4v) is 6.97. The van der Waals surface area contributed by atoms with Gasteiger partial charge in [0, 0.05) is 62.6 Å². The van der Waals surface area contributed by atoms with Crippen LogP contribution in [0.15, 0.2) is 36.5 Å². The topological polar surface area (TPSA) is 64.3 Å². The van der Waals surface area contributed by atoms with Crippen molar-refractivity contribution in [3.05, 3.63) is 53.3 Å². The normalized spacial score (nSPS) is 35.1. The summed E-state index contributed by atoms with van der Waals surface area (Å²) in [5.41, 5.74) is 3.13. The molecule has 1 aromatic carbocycles. The molecule has 4 saturated heterocycles. The van der Waals surface area contributed by atoms with Gasteiger partial charge >= 0.3 is 0 Å². The highest BCUT2D eigenvalue weighted by Crippen LogP contribution is 2.43. The minimum atomic E-state index is -0.0523. The van der Waals surface area contributed by atoms with Crippen molar-refractivity contribution < 1.29 is 4.79 Å². The molecular weight excluding hydrogens is 386 g/mol. The summed E-state index contributed by atoms with van der Waals surface area (Å²) in [5.74, 6) is 0.962. The number of benzene rings is 1. The Hall–Kier alpha value is -2.18. The van der Waals surface area contributed by atoms with Crippen LogP contribution in [-0.2, 0) is 5.41 Å². The zero-order valence-corrected chi connectivity index (χ0v) is 18.2. The molecule has 2 N–H and O–H groups in total. The average Bonchev–Trinajstić information content (AvgIpc) is 3.17. The van der Waals surface area contributed by atoms with Gasteiger partial charge in [0.1, 0.15) is 0 Å². The lowest BCUT2D eigenvalue weighted by Gasteiger charge is -2.55. The Balaban J connectivity index is 1.32. The van der Waals surface area contributed by atoms with E-state index < -0.39 is 0 Å². The van der Waals surface area contributed by atoms with Crippen LogP contribution in [0.25, 0.3) is 0 Å². The second-order valence-electron chi connectivity index (χ2n) is 10.2. The van der Waals surface area contributed by atoms with E-state index in [0.717, 1.165) is 63.4 Å². The second kappa shape index (κ2) is 7.75. The van der Waals surface area contributed by atoms with E-state index in [-0.39, 0.29) is 17.4 Å². The molecule has 1 amide bonds. The van der Waals surface area contributed by atoms with Crippen LogP contribution >= 0.6 is 0 Å². The molecule has 7 rings (SSSR count). The van der Waals surface area contributed by atoms with Gasteiger partial charge in [0.25, 0.3) is 5.91 Å². The van der Waals surface area contributed by atoms with Gasteiger partial charge in [-0.05, 0) is 18.4 Å². The van der Waals surface area contributed by atoms with Gasteiger partial charge in [-0.3, -0.25) is 9.89 Å². The van der Waals surface area contributed by atoms with Gasteiger partial charge in [-0.1, -0.05) is 49.6 Å². The molecule has 3 atom stereocenters. The summed E-state index contributed by atoms with van der Waals surface area (Å²) < 4.78 is 0. The maximum atomic E-state index is 13.6. The molecule has 2 aromatic rings. The number of fused-ring (bicyclic) bond motifs is 1. The Morgan fingerprint density at radius 1 is 1.03 bits per heavy atom. The first-order valence-corrected chi connectivity index (χ1v) is 12.1. The first-order valence-electron chi connectivity index (χ1n) is 12.1. The highest BCUT2D eigenvalue weighted by atomic mass is 16.1. The monoisotopic (exact) mass is 419 g/mol. The fourth-order valence-electron chi connectivity index (χ4n) is 6.97. The Bertz CT molecular complexity index is 918. The van der Waals surface area contributed by atoms with Crippen LogP contribution < -0.4 is 5.32 Å². The molecule has 5 heterocycles. The summed E-state index contributed by atoms with van der Waals surface area (Å²) in [6.45, 7) is 6.48. The average molecular weight is 420 g/mol. The Morgan fingerprint density at radius 2 is 1.74 bits per heavy atom. The van der Waals surface area contributed by atoms with Crippen molar-refractivity contribution in [2.45, 2.75) is 49.5 Å². The third kappa shape index (κ3) is 3.31. The smallest absolute Gasteiger partial charge is 0.255 e. The Morgan fingerprint density at radius 3 is 2.45 bits per heavy atom. The molecular formula is C25H33N5O. The lowest BCUT2D eigenvalue weighted by atomic mass is 9.64. The van der Waals surface area contributed by atoms with E-state index in [0.29, 0.717) is 11.8 Å². The van der Waals surface area contributed by atoms with Crippen LogP contribution in [0.1, 0.15) is 59.6 Å². The van der Waals surface area contributed by atoms with Gasteiger partial charge in [-0.25, -0.2) is 0 Å². The van der Waals surface area contributed by atoms with Crippen LogP contribution in [0.5, 0.6) is 0 Å². The molecule has 6 nitrogen and oxygen atoms in total. The molecule has 164 valence electrons. The number of amides is 1. The van der Waals surface area contributed by atoms with Gasteiger partial charge in [0.15, 0.2) is 0 Å². The Labute approximate surface area is 184 Å². The number of hydrogen-bond donors (Lipinski definition) is 2. The molecule has 1 aromatic heterocycles. The quantitative estimate of drug-likeness (QED) is 0.800. The summed E-state index contributed by atoms with van der Waals surface area (Å²) in [7, 11) is 0. The van der Waals surface area contributed by atoms with Crippen molar-refractivity contribution >= 4 is 5.91 Å². The van der Waals surface area contributed by atoms with Crippen molar-refractivity contribution in [3.63, 3.8) is 0 Å². The van der Waals surface area contributed by atoms with Crippen LogP contribution in [-0.4, -0.2) is 71.2 Å². The van der Waals surface area contributed by atoms with Crippen molar-refractivity contribution in [1.29, 1.82) is 0 Å². The standard InChI is InChI=1S/C25H33N5O/c31-24(21-13-26-28-22(21)18-7-3-1-4-8-18)27-23-19-14-29-11-12-30(15-19)17-25(23,16-29)20-9-5-2-6-10-20/h2,5-6,9-10,13,18-19,23H,1,3-4,7-8,11-12,14-17H2,(H,26,28)(H,27,31). The minimum Gasteiger partial charge on any atom is -0.348 e. The molecule has 31 heavy (non-hydrogen) atoms. The Kier molecular flexibility index (Phi) is 4.87. The predicted molar refractivity (Wildman–Crippen MR) is 120 cm³/mol. The van der Waals surface area contributed by atoms with E-state index in [1.807, 2.05) is 0 Å². The number of aromatic amines is 1. The van der Waals surface area contributed by atoms with Crippen LogP contribution in [0.4, 0.5) is 0 Å². The van der Waals surface area contributed by atoms with E-state index >= 15 is 0 Å². The molecule has 1 aliphatic carbocycles. The number of aromatic nitrogens is 2. The number of carbonyl (C=O) groups is 1. The maximum Gasteiger partial charge on any atom is 0.255 e. The van der Waals surface area contributed by atoms with Gasteiger partial charge < -0.3 is 15.1 Å². The summed E-state index contributed by atoms with van der Waals surface area (Å²) in [6, 6.07) is 11.1. The van der Waals surface area contributed by atoms with Gasteiger partial charge in [0.05, 0.1) is 17.5 Å². The molecule has 5 aliphatic rings. The first-order chi connectivity index (χ1) is 15.2. The third-order valence-electron chi connectivity index (χ3n) is 8.36. The highest BCUT2D eigenvalue weighted by molar-refractivity contribution is 5.95. The summed E-state index contributed by atoms with van der Waals surface area (Å²) in [5, 5.41) is 11.0. The molecule has 0 radical (unpaired) electrons. The number of H-pyrrole nitrogens is 1. The van der Waals surface area contributed by atoms with Crippen molar-refractivity contribution in [2.24, 2.45) is 5.92 Å². The molecule has 1 saturated carbocycles. The zero-order chi connectivity index (χ0) is 20.8. The molecule has 6 heteroatoms. The fraction of sp³-hybridized carbons (Fsp3) is 0.600. The molecule has 5 fully saturated rings. The van der Waals surface area contributed by atoms with E-state index in [4.69, 9.17) is 0 Å². The number of rotatable bonds is 4. The van der Waals surface area contributed by atoms with Crippen LogP contribution in [0, 0.1) is 5.92 Å². The van der Waals surface area contributed by atoms with E-state index in [1.165, 1.54) is 24.8 Å². The van der Waals surface area contributed by atoms with Crippen LogP contribution in [0.3, 0.4) is 0 Å². The lowest BCUT2D eigenvalue weighted by Crippen LogP contribution is -2.70. The first kappa shape index (κ1) is 19.5. The SMILES string of the molecule is O=C(NC1C2CN3CCN(C2)CC1(c1ccccc1)C3)c1cn[nH]c1C1CCCCC1.